The summed E-state index contributed by atoms with van der Waals surface area (Å²) in [4.78, 5) is 0.295. The van der Waals surface area contributed by atoms with Crippen LogP contribution in [0.5, 0.6) is 0 Å². The highest BCUT2D eigenvalue weighted by Gasteiger charge is 2.33. The molecule has 1 atom stereocenters. The third-order valence-corrected chi connectivity index (χ3v) is 5.58. The smallest absolute Gasteiger partial charge is 0.264 e. The Labute approximate surface area is 118 Å². The monoisotopic (exact) mass is 288 g/mol. The lowest BCUT2D eigenvalue weighted by Gasteiger charge is -2.19. The molecule has 20 heavy (non-hydrogen) atoms. The minimum atomic E-state index is -3.57. The van der Waals surface area contributed by atoms with Gasteiger partial charge in [0.05, 0.1) is 16.6 Å². The Bertz CT molecular complexity index is 784. The van der Waals surface area contributed by atoms with Crippen molar-refractivity contribution in [1.82, 2.24) is 0 Å². The molecule has 4 nitrogen and oxygen atoms in total. The van der Waals surface area contributed by atoms with Crippen molar-refractivity contribution < 1.29 is 8.42 Å². The molecule has 1 heterocycles. The predicted octanol–water partition coefficient (Wildman–Crippen LogP) is 2.18. The van der Waals surface area contributed by atoms with Crippen LogP contribution < -0.4 is 10.0 Å². The average molecular weight is 288 g/mol. The number of hydrogen-bond acceptors (Lipinski definition) is 3. The third-order valence-electron chi connectivity index (χ3n) is 3.75. The standard InChI is InChI=1S/C15H16N2O2S/c1-10-7-8-12-14(9-10)20(18,19)17(2)13-6-4-3-5-11(13)15(12)16/h3-9,15H,16H2,1-2H3. The van der Waals surface area contributed by atoms with Crippen LogP contribution in [-0.2, 0) is 10.0 Å². The fourth-order valence-corrected chi connectivity index (χ4v) is 4.15. The number of benzene rings is 2. The molecule has 2 aromatic rings. The molecule has 1 aliphatic heterocycles. The average Bonchev–Trinajstić information content (AvgIpc) is 2.50. The molecule has 1 unspecified atom stereocenters. The SMILES string of the molecule is Cc1ccc2c(c1)S(=O)(=O)N(C)c1ccccc1C2N. The molecular formula is C15H16N2O2S. The number of nitrogens with two attached hydrogens (primary N) is 1. The van der Waals surface area contributed by atoms with Crippen LogP contribution in [0.15, 0.2) is 47.4 Å². The van der Waals surface area contributed by atoms with Crippen LogP contribution in [0.3, 0.4) is 0 Å². The zero-order valence-corrected chi connectivity index (χ0v) is 12.2. The van der Waals surface area contributed by atoms with Gasteiger partial charge in [-0.1, -0.05) is 30.3 Å². The van der Waals surface area contributed by atoms with Crippen molar-refractivity contribution in [3.63, 3.8) is 0 Å². The second-order valence-corrected chi connectivity index (χ2v) is 6.99. The van der Waals surface area contributed by atoms with Crippen molar-refractivity contribution in [2.45, 2.75) is 17.9 Å². The number of hydrogen-bond donors (Lipinski definition) is 1. The largest absolute Gasteiger partial charge is 0.320 e. The van der Waals surface area contributed by atoms with E-state index in [1.54, 1.807) is 19.2 Å². The number of fused-ring (bicyclic) bond motifs is 2. The minimum absolute atomic E-state index is 0.295. The molecule has 2 aromatic carbocycles. The van der Waals surface area contributed by atoms with E-state index in [1.165, 1.54) is 4.31 Å². The summed E-state index contributed by atoms with van der Waals surface area (Å²) in [6.45, 7) is 1.87. The van der Waals surface area contributed by atoms with Gasteiger partial charge in [-0.05, 0) is 35.7 Å². The highest BCUT2D eigenvalue weighted by Crippen LogP contribution is 2.38. The van der Waals surface area contributed by atoms with Crippen LogP contribution in [0.4, 0.5) is 5.69 Å². The van der Waals surface area contributed by atoms with Crippen LogP contribution >= 0.6 is 0 Å². The molecule has 0 radical (unpaired) electrons. The van der Waals surface area contributed by atoms with Crippen molar-refractivity contribution in [3.05, 3.63) is 59.2 Å². The van der Waals surface area contributed by atoms with E-state index < -0.39 is 16.1 Å². The first-order valence-corrected chi connectivity index (χ1v) is 7.81. The summed E-state index contributed by atoms with van der Waals surface area (Å²) in [5.41, 5.74) is 9.30. The summed E-state index contributed by atoms with van der Waals surface area (Å²) < 4.78 is 26.8. The minimum Gasteiger partial charge on any atom is -0.320 e. The molecule has 0 aromatic heterocycles. The molecule has 1 aliphatic rings. The molecule has 0 spiro atoms. The Balaban J connectivity index is 2.41. The maximum Gasteiger partial charge on any atom is 0.264 e. The number of sulfonamides is 1. The van der Waals surface area contributed by atoms with Gasteiger partial charge in [0.15, 0.2) is 0 Å². The van der Waals surface area contributed by atoms with Crippen molar-refractivity contribution in [1.29, 1.82) is 0 Å². The molecule has 104 valence electrons. The summed E-state index contributed by atoms with van der Waals surface area (Å²) in [6, 6.07) is 12.3. The van der Waals surface area contributed by atoms with Crippen LogP contribution in [0.25, 0.3) is 0 Å². The molecule has 5 heteroatoms. The fraction of sp³-hybridized carbons (Fsp3) is 0.200. The Morgan fingerprint density at radius 2 is 1.80 bits per heavy atom. The van der Waals surface area contributed by atoms with Crippen molar-refractivity contribution in [2.75, 3.05) is 11.4 Å². The number of anilines is 1. The van der Waals surface area contributed by atoms with Gasteiger partial charge in [0.25, 0.3) is 10.0 Å². The molecule has 2 N–H and O–H groups in total. The molecule has 3 rings (SSSR count). The van der Waals surface area contributed by atoms with Gasteiger partial charge in [0.1, 0.15) is 0 Å². The molecule has 0 saturated carbocycles. The molecule has 0 fully saturated rings. The third kappa shape index (κ3) is 1.74. The van der Waals surface area contributed by atoms with E-state index in [0.717, 1.165) is 11.1 Å². The van der Waals surface area contributed by atoms with Crippen LogP contribution in [0.1, 0.15) is 22.7 Å². The highest BCUT2D eigenvalue weighted by molar-refractivity contribution is 7.92. The summed E-state index contributed by atoms with van der Waals surface area (Å²) in [5, 5.41) is 0. The summed E-state index contributed by atoms with van der Waals surface area (Å²) in [7, 11) is -2.00. The van der Waals surface area contributed by atoms with Gasteiger partial charge in [0.2, 0.25) is 0 Å². The summed E-state index contributed by atoms with van der Waals surface area (Å²) in [5.74, 6) is 0. The Morgan fingerprint density at radius 3 is 2.55 bits per heavy atom. The summed E-state index contributed by atoms with van der Waals surface area (Å²) in [6.07, 6.45) is 0. The first-order valence-electron chi connectivity index (χ1n) is 6.37. The van der Waals surface area contributed by atoms with E-state index in [-0.39, 0.29) is 0 Å². The van der Waals surface area contributed by atoms with E-state index in [2.05, 4.69) is 0 Å². The van der Waals surface area contributed by atoms with Gasteiger partial charge in [-0.2, -0.15) is 0 Å². The van der Waals surface area contributed by atoms with E-state index in [9.17, 15) is 8.42 Å². The molecule has 0 amide bonds. The van der Waals surface area contributed by atoms with Gasteiger partial charge in [-0.15, -0.1) is 0 Å². The van der Waals surface area contributed by atoms with Crippen molar-refractivity contribution in [3.8, 4) is 0 Å². The van der Waals surface area contributed by atoms with E-state index >= 15 is 0 Å². The molecule has 0 saturated heterocycles. The zero-order valence-electron chi connectivity index (χ0n) is 11.4. The quantitative estimate of drug-likeness (QED) is 0.808. The lowest BCUT2D eigenvalue weighted by Crippen LogP contribution is -2.26. The number of rotatable bonds is 0. The van der Waals surface area contributed by atoms with Gasteiger partial charge in [-0.25, -0.2) is 8.42 Å². The number of aryl methyl sites for hydroxylation is 1. The molecular weight excluding hydrogens is 272 g/mol. The zero-order chi connectivity index (χ0) is 14.5. The van der Waals surface area contributed by atoms with Crippen LogP contribution in [0.2, 0.25) is 0 Å². The first kappa shape index (κ1) is 13.1. The number of para-hydroxylation sites is 1. The highest BCUT2D eigenvalue weighted by atomic mass is 32.2. The second kappa shape index (κ2) is 4.33. The predicted molar refractivity (Wildman–Crippen MR) is 79.2 cm³/mol. The first-order chi connectivity index (χ1) is 9.43. The van der Waals surface area contributed by atoms with Gasteiger partial charge in [-0.3, -0.25) is 4.31 Å². The maximum atomic E-state index is 12.8. The van der Waals surface area contributed by atoms with Crippen molar-refractivity contribution in [2.24, 2.45) is 5.73 Å². The molecule has 0 aliphatic carbocycles. The van der Waals surface area contributed by atoms with E-state index in [4.69, 9.17) is 5.73 Å². The maximum absolute atomic E-state index is 12.8. The van der Waals surface area contributed by atoms with E-state index in [1.807, 2.05) is 37.3 Å². The lowest BCUT2D eigenvalue weighted by molar-refractivity contribution is 0.593. The Hall–Kier alpha value is -1.85. The van der Waals surface area contributed by atoms with Gasteiger partial charge >= 0.3 is 0 Å². The topological polar surface area (TPSA) is 63.4 Å². The molecule has 0 bridgehead atoms. The van der Waals surface area contributed by atoms with Crippen molar-refractivity contribution >= 4 is 15.7 Å². The van der Waals surface area contributed by atoms with Crippen LogP contribution in [-0.4, -0.2) is 15.5 Å². The second-order valence-electron chi connectivity index (χ2n) is 5.05. The van der Waals surface area contributed by atoms with E-state index in [0.29, 0.717) is 16.1 Å². The Morgan fingerprint density at radius 1 is 1.10 bits per heavy atom. The van der Waals surface area contributed by atoms with Crippen LogP contribution in [0, 0.1) is 6.92 Å². The summed E-state index contributed by atoms with van der Waals surface area (Å²) >= 11 is 0. The lowest BCUT2D eigenvalue weighted by atomic mass is 9.97. The van der Waals surface area contributed by atoms with Gasteiger partial charge < -0.3 is 5.73 Å². The fourth-order valence-electron chi connectivity index (χ4n) is 2.60. The number of nitrogens with zero attached hydrogens (tertiary/aromatic N) is 1. The normalized spacial score (nSPS) is 19.9. The van der Waals surface area contributed by atoms with Gasteiger partial charge in [0, 0.05) is 7.05 Å². The Kier molecular flexibility index (Phi) is 2.84.